The van der Waals surface area contributed by atoms with Crippen molar-refractivity contribution in [1.82, 2.24) is 9.55 Å². The monoisotopic (exact) mass is 346 g/mol. The highest BCUT2D eigenvalue weighted by molar-refractivity contribution is 5.84. The number of pyridine rings is 2. The average molecular weight is 346 g/mol. The minimum atomic E-state index is -0.234. The van der Waals surface area contributed by atoms with Gasteiger partial charge in [-0.05, 0) is 36.1 Å². The number of aromatic nitrogens is 2. The second-order valence-corrected chi connectivity index (χ2v) is 7.01. The molecule has 0 saturated heterocycles. The normalized spacial score (nSPS) is 18.0. The highest BCUT2D eigenvalue weighted by Crippen LogP contribution is 2.36. The molecule has 0 saturated carbocycles. The molecule has 5 nitrogen and oxygen atoms in total. The predicted molar refractivity (Wildman–Crippen MR) is 98.0 cm³/mol. The Morgan fingerprint density at radius 1 is 1.23 bits per heavy atom. The number of nitrogens with zero attached hydrogens (tertiary/aromatic N) is 2. The van der Waals surface area contributed by atoms with Crippen LogP contribution in [0.4, 0.5) is 0 Å². The number of cyclic esters (lactones) is 1. The Hall–Kier alpha value is -2.95. The van der Waals surface area contributed by atoms with E-state index < -0.39 is 0 Å². The minimum Gasteiger partial charge on any atom is -0.461 e. The van der Waals surface area contributed by atoms with Gasteiger partial charge in [-0.25, -0.2) is 4.98 Å². The molecule has 0 fully saturated rings. The average Bonchev–Trinajstić information content (AvgIpc) is 2.91. The lowest BCUT2D eigenvalue weighted by molar-refractivity contribution is -0.144. The van der Waals surface area contributed by atoms with E-state index in [9.17, 15) is 9.59 Å². The molecule has 0 amide bonds. The number of carbonyl (C=O) groups excluding carboxylic acids is 1. The largest absolute Gasteiger partial charge is 0.461 e. The molecule has 5 rings (SSSR count). The third-order valence-corrected chi connectivity index (χ3v) is 5.53. The molecule has 1 unspecified atom stereocenters. The van der Waals surface area contributed by atoms with Crippen molar-refractivity contribution in [3.63, 3.8) is 0 Å². The molecule has 1 aromatic carbocycles. The number of benzene rings is 1. The Bertz CT molecular complexity index is 1130. The van der Waals surface area contributed by atoms with Crippen LogP contribution < -0.4 is 5.56 Å². The first-order valence-electron chi connectivity index (χ1n) is 8.97. The van der Waals surface area contributed by atoms with Crippen molar-refractivity contribution >= 4 is 16.9 Å². The number of ether oxygens (including phenoxy) is 1. The molecule has 4 heterocycles. The molecule has 2 aliphatic rings. The summed E-state index contributed by atoms with van der Waals surface area (Å²) in [6.45, 7) is 2.62. The van der Waals surface area contributed by atoms with Crippen molar-refractivity contribution < 1.29 is 9.53 Å². The van der Waals surface area contributed by atoms with Gasteiger partial charge in [0.1, 0.15) is 6.61 Å². The Kier molecular flexibility index (Phi) is 3.26. The number of hydrogen-bond acceptors (Lipinski definition) is 4. The maximum absolute atomic E-state index is 13.1. The first kappa shape index (κ1) is 15.3. The summed E-state index contributed by atoms with van der Waals surface area (Å²) in [5.74, 6) is -0.217. The molecule has 0 radical (unpaired) electrons. The molecule has 2 aromatic heterocycles. The van der Waals surface area contributed by atoms with Crippen LogP contribution in [0.1, 0.15) is 42.4 Å². The molecular formula is C21H18N2O3. The van der Waals surface area contributed by atoms with Crippen LogP contribution in [-0.4, -0.2) is 15.5 Å². The van der Waals surface area contributed by atoms with Crippen molar-refractivity contribution in [1.29, 1.82) is 0 Å². The number of carbonyl (C=O) groups is 1. The van der Waals surface area contributed by atoms with E-state index in [-0.39, 0.29) is 24.1 Å². The van der Waals surface area contributed by atoms with Crippen LogP contribution >= 0.6 is 0 Å². The van der Waals surface area contributed by atoms with E-state index in [0.29, 0.717) is 18.5 Å². The molecule has 5 heteroatoms. The van der Waals surface area contributed by atoms with Crippen LogP contribution in [0.5, 0.6) is 0 Å². The summed E-state index contributed by atoms with van der Waals surface area (Å²) in [4.78, 5) is 29.8. The molecule has 0 bridgehead atoms. The topological polar surface area (TPSA) is 61.2 Å². The smallest absolute Gasteiger partial charge is 0.306 e. The van der Waals surface area contributed by atoms with Crippen LogP contribution in [0.15, 0.2) is 41.2 Å². The van der Waals surface area contributed by atoms with E-state index >= 15 is 0 Å². The van der Waals surface area contributed by atoms with Crippen molar-refractivity contribution in [2.75, 3.05) is 0 Å². The van der Waals surface area contributed by atoms with E-state index in [2.05, 4.69) is 12.1 Å². The quantitative estimate of drug-likeness (QED) is 0.496. The number of fused-ring (bicyclic) bond motifs is 5. The summed E-state index contributed by atoms with van der Waals surface area (Å²) in [5.41, 5.74) is 5.20. The highest BCUT2D eigenvalue weighted by atomic mass is 16.5. The summed E-state index contributed by atoms with van der Waals surface area (Å²) < 4.78 is 7.04. The van der Waals surface area contributed by atoms with E-state index in [4.69, 9.17) is 9.72 Å². The van der Waals surface area contributed by atoms with Gasteiger partial charge in [-0.15, -0.1) is 0 Å². The van der Waals surface area contributed by atoms with Gasteiger partial charge in [-0.3, -0.25) is 9.59 Å². The Morgan fingerprint density at radius 3 is 2.92 bits per heavy atom. The summed E-state index contributed by atoms with van der Waals surface area (Å²) in [6.07, 6.45) is 1.12. The van der Waals surface area contributed by atoms with Gasteiger partial charge in [0.05, 0.1) is 35.4 Å². The number of rotatable bonds is 1. The van der Waals surface area contributed by atoms with Crippen molar-refractivity contribution in [3.8, 4) is 11.4 Å². The van der Waals surface area contributed by atoms with E-state index in [1.165, 1.54) is 0 Å². The minimum absolute atomic E-state index is 0.0168. The zero-order valence-corrected chi connectivity index (χ0v) is 14.5. The van der Waals surface area contributed by atoms with Crippen LogP contribution in [0.2, 0.25) is 0 Å². The summed E-state index contributed by atoms with van der Waals surface area (Å²) in [6, 6.07) is 12.2. The fourth-order valence-electron chi connectivity index (χ4n) is 4.13. The zero-order chi connectivity index (χ0) is 17.8. The Morgan fingerprint density at radius 2 is 2.08 bits per heavy atom. The highest BCUT2D eigenvalue weighted by Gasteiger charge is 2.30. The van der Waals surface area contributed by atoms with E-state index in [1.807, 2.05) is 31.2 Å². The van der Waals surface area contributed by atoms with Gasteiger partial charge in [0, 0.05) is 10.9 Å². The van der Waals surface area contributed by atoms with Crippen molar-refractivity contribution in [3.05, 3.63) is 63.4 Å². The molecule has 2 aliphatic heterocycles. The molecular weight excluding hydrogens is 328 g/mol. The van der Waals surface area contributed by atoms with Gasteiger partial charge in [0.15, 0.2) is 0 Å². The van der Waals surface area contributed by atoms with Crippen LogP contribution in [0.3, 0.4) is 0 Å². The van der Waals surface area contributed by atoms with Gasteiger partial charge < -0.3 is 9.30 Å². The summed E-state index contributed by atoms with van der Waals surface area (Å²) >= 11 is 0. The lowest BCUT2D eigenvalue weighted by atomic mass is 9.90. The predicted octanol–water partition coefficient (Wildman–Crippen LogP) is 3.37. The fraction of sp³-hybridized carbons (Fsp3) is 0.286. The first-order valence-corrected chi connectivity index (χ1v) is 8.97. The summed E-state index contributed by atoms with van der Waals surface area (Å²) in [5, 5.41) is 1.08. The van der Waals surface area contributed by atoms with Crippen LogP contribution in [0, 0.1) is 0 Å². The molecule has 3 aromatic rings. The van der Waals surface area contributed by atoms with E-state index in [1.54, 1.807) is 4.57 Å². The summed E-state index contributed by atoms with van der Waals surface area (Å²) in [7, 11) is 0. The second-order valence-electron chi connectivity index (χ2n) is 7.01. The van der Waals surface area contributed by atoms with Crippen LogP contribution in [0.25, 0.3) is 22.3 Å². The first-order chi connectivity index (χ1) is 12.7. The lowest BCUT2D eigenvalue weighted by Gasteiger charge is -2.15. The molecule has 0 N–H and O–H groups in total. The maximum atomic E-state index is 13.1. The fourth-order valence-corrected chi connectivity index (χ4v) is 4.13. The Labute approximate surface area is 150 Å². The van der Waals surface area contributed by atoms with Gasteiger partial charge in [-0.1, -0.05) is 25.1 Å². The standard InChI is InChI=1S/C21H18N2O3/c1-2-12-8-19(24)26-11-16-15(12)9-18-20-14(10-23(18)21(16)25)7-13-5-3-4-6-17(13)22-20/h3-7,9,12H,2,8,10-11H2,1H3. The lowest BCUT2D eigenvalue weighted by Crippen LogP contribution is -2.25. The maximum Gasteiger partial charge on any atom is 0.306 e. The molecule has 0 aliphatic carbocycles. The van der Waals surface area contributed by atoms with Gasteiger partial charge >= 0.3 is 5.97 Å². The number of esters is 1. The molecule has 26 heavy (non-hydrogen) atoms. The second kappa shape index (κ2) is 5.53. The third kappa shape index (κ3) is 2.13. The van der Waals surface area contributed by atoms with Crippen molar-refractivity contribution in [2.24, 2.45) is 0 Å². The SMILES string of the molecule is CCC1CC(=O)OCc2c1cc1n(c2=O)Cc2cc3ccccc3nc2-1. The number of hydrogen-bond donors (Lipinski definition) is 0. The molecule has 1 atom stereocenters. The van der Waals surface area contributed by atoms with Crippen LogP contribution in [-0.2, 0) is 22.7 Å². The van der Waals surface area contributed by atoms with E-state index in [0.717, 1.165) is 39.8 Å². The van der Waals surface area contributed by atoms with Gasteiger partial charge in [0.2, 0.25) is 0 Å². The molecule has 0 spiro atoms. The number of para-hydroxylation sites is 1. The Balaban J connectivity index is 1.76. The molecule has 130 valence electrons. The van der Waals surface area contributed by atoms with Crippen molar-refractivity contribution in [2.45, 2.75) is 38.8 Å². The zero-order valence-electron chi connectivity index (χ0n) is 14.5. The van der Waals surface area contributed by atoms with Gasteiger partial charge in [-0.2, -0.15) is 0 Å². The third-order valence-electron chi connectivity index (χ3n) is 5.53. The van der Waals surface area contributed by atoms with Gasteiger partial charge in [0.25, 0.3) is 5.56 Å².